The number of fused-ring (bicyclic) bond motifs is 1. The lowest BCUT2D eigenvalue weighted by Gasteiger charge is -2.28. The largest absolute Gasteiger partial charge is 0.495 e. The highest BCUT2D eigenvalue weighted by Crippen LogP contribution is 2.45. The van der Waals surface area contributed by atoms with Crippen LogP contribution in [0.25, 0.3) is 0 Å². The highest BCUT2D eigenvalue weighted by Gasteiger charge is 2.45. The molecule has 0 radical (unpaired) electrons. The molecule has 11 heteroatoms. The second kappa shape index (κ2) is 13.2. The van der Waals surface area contributed by atoms with Crippen LogP contribution in [0.4, 0.5) is 30.5 Å². The Kier molecular flexibility index (Phi) is 9.48. The molecule has 3 heterocycles. The predicted molar refractivity (Wildman–Crippen MR) is 167 cm³/mol. The maximum atomic E-state index is 14.1. The molecule has 2 N–H and O–H groups in total. The Hall–Kier alpha value is -3.99. The molecule has 240 valence electrons. The van der Waals surface area contributed by atoms with Crippen molar-refractivity contribution in [1.82, 2.24) is 14.9 Å². The first-order valence-electron chi connectivity index (χ1n) is 15.5. The van der Waals surface area contributed by atoms with Gasteiger partial charge in [0.25, 0.3) is 0 Å². The van der Waals surface area contributed by atoms with Gasteiger partial charge in [0.2, 0.25) is 11.9 Å². The summed E-state index contributed by atoms with van der Waals surface area (Å²) >= 11 is 0. The van der Waals surface area contributed by atoms with E-state index in [9.17, 15) is 22.8 Å². The lowest BCUT2D eigenvalue weighted by atomic mass is 9.74. The Bertz CT molecular complexity index is 1560. The number of rotatable bonds is 11. The van der Waals surface area contributed by atoms with E-state index >= 15 is 0 Å². The molecule has 0 spiro atoms. The number of Topliss-reactive ketones (excluding diaryl/α,β-unsaturated/α-hetero) is 1. The van der Waals surface area contributed by atoms with E-state index in [-0.39, 0.29) is 36.2 Å². The minimum atomic E-state index is -4.64. The Labute approximate surface area is 261 Å². The number of likely N-dealkylation sites (tertiary alicyclic amines) is 1. The summed E-state index contributed by atoms with van der Waals surface area (Å²) < 4.78 is 47.7. The van der Waals surface area contributed by atoms with E-state index in [4.69, 9.17) is 4.74 Å². The van der Waals surface area contributed by atoms with Crippen molar-refractivity contribution < 1.29 is 27.5 Å². The topological polar surface area (TPSA) is 96.5 Å². The number of carbonyl (C=O) groups is 2. The van der Waals surface area contributed by atoms with Crippen LogP contribution in [-0.2, 0) is 29.2 Å². The van der Waals surface area contributed by atoms with E-state index in [1.807, 2.05) is 32.0 Å². The number of ketones is 1. The number of nitrogens with zero attached hydrogens (tertiary/aromatic N) is 3. The first kappa shape index (κ1) is 32.4. The van der Waals surface area contributed by atoms with Crippen molar-refractivity contribution in [3.63, 3.8) is 0 Å². The molecule has 2 aromatic carbocycles. The smallest absolute Gasteiger partial charge is 0.419 e. The number of anilines is 3. The van der Waals surface area contributed by atoms with Gasteiger partial charge in [-0.25, -0.2) is 9.97 Å². The fraction of sp³-hybridized carbons (Fsp3) is 0.471. The van der Waals surface area contributed by atoms with Crippen LogP contribution < -0.4 is 15.4 Å². The van der Waals surface area contributed by atoms with Crippen molar-refractivity contribution >= 4 is 29.0 Å². The Morgan fingerprint density at radius 2 is 1.87 bits per heavy atom. The molecule has 45 heavy (non-hydrogen) atoms. The highest BCUT2D eigenvalue weighted by molar-refractivity contribution is 6.06. The van der Waals surface area contributed by atoms with Crippen molar-refractivity contribution in [3.8, 4) is 5.75 Å². The molecule has 0 aliphatic carbocycles. The third-order valence-electron chi connectivity index (χ3n) is 9.41. The number of piperidine rings is 1. The number of benzene rings is 2. The van der Waals surface area contributed by atoms with Crippen LogP contribution in [0.15, 0.2) is 42.6 Å². The average Bonchev–Trinajstić information content (AvgIpc) is 3.32. The quantitative estimate of drug-likeness (QED) is 0.223. The van der Waals surface area contributed by atoms with Gasteiger partial charge < -0.3 is 20.3 Å². The monoisotopic (exact) mass is 623 g/mol. The predicted octanol–water partition coefficient (Wildman–Crippen LogP) is 6.96. The summed E-state index contributed by atoms with van der Waals surface area (Å²) in [5.74, 6) is 0.630. The van der Waals surface area contributed by atoms with Crippen LogP contribution >= 0.6 is 0 Å². The maximum absolute atomic E-state index is 14.1. The Morgan fingerprint density at radius 3 is 2.53 bits per heavy atom. The van der Waals surface area contributed by atoms with Crippen LogP contribution in [0, 0.1) is 5.92 Å². The summed E-state index contributed by atoms with van der Waals surface area (Å²) in [5, 5.41) is 5.94. The zero-order valence-corrected chi connectivity index (χ0v) is 26.2. The Morgan fingerprint density at radius 1 is 1.13 bits per heavy atom. The summed E-state index contributed by atoms with van der Waals surface area (Å²) in [6, 6.07) is 10.5. The minimum Gasteiger partial charge on any atom is -0.495 e. The SMILES string of the molecule is CCC1(CC)C(=O)Nc2cccc(CCc3nc(Nc4ccc(C(=O)CC5CCN(C)CC5)cc4OC)ncc3C(F)(F)F)c21. The number of nitrogens with one attached hydrogen (secondary N) is 2. The second-order valence-electron chi connectivity index (χ2n) is 12.0. The van der Waals surface area contributed by atoms with Gasteiger partial charge in [-0.15, -0.1) is 0 Å². The first-order valence-corrected chi connectivity index (χ1v) is 15.5. The van der Waals surface area contributed by atoms with Gasteiger partial charge in [-0.3, -0.25) is 9.59 Å². The number of aryl methyl sites for hydroxylation is 2. The number of alkyl halides is 3. The molecule has 1 aromatic heterocycles. The molecule has 0 saturated carbocycles. The Balaban J connectivity index is 1.37. The molecule has 3 aromatic rings. The highest BCUT2D eigenvalue weighted by atomic mass is 19.4. The van der Waals surface area contributed by atoms with Crippen LogP contribution in [0.3, 0.4) is 0 Å². The van der Waals surface area contributed by atoms with Gasteiger partial charge in [0.15, 0.2) is 5.78 Å². The van der Waals surface area contributed by atoms with Gasteiger partial charge >= 0.3 is 6.18 Å². The number of hydrogen-bond acceptors (Lipinski definition) is 7. The lowest BCUT2D eigenvalue weighted by Crippen LogP contribution is -2.33. The molecule has 0 unspecified atom stereocenters. The molecular formula is C34H40F3N5O3. The van der Waals surface area contributed by atoms with E-state index in [0.717, 1.165) is 43.3 Å². The van der Waals surface area contributed by atoms with Crippen molar-refractivity contribution in [2.45, 2.75) is 70.4 Å². The van der Waals surface area contributed by atoms with Crippen molar-refractivity contribution in [1.29, 1.82) is 0 Å². The number of ether oxygens (including phenoxy) is 1. The van der Waals surface area contributed by atoms with Crippen LogP contribution in [-0.4, -0.2) is 53.8 Å². The maximum Gasteiger partial charge on any atom is 0.419 e. The number of aromatic nitrogens is 2. The standard InChI is InChI=1S/C34H40F3N5O3/c1-5-33(6-2)30-22(8-7-9-27(30)39-31(33)44)10-12-25-24(34(35,36)37)20-38-32(40-25)41-26-13-11-23(19-29(26)45-4)28(43)18-21-14-16-42(3)17-15-21/h7-9,11,13,19-21H,5-6,10,12,14-18H2,1-4H3,(H,39,44)(H,38,40,41). The van der Waals surface area contributed by atoms with E-state index < -0.39 is 17.2 Å². The van der Waals surface area contributed by atoms with Crippen molar-refractivity contribution in [2.75, 3.05) is 37.9 Å². The van der Waals surface area contributed by atoms with Gasteiger partial charge in [-0.05, 0) is 100.0 Å². The molecule has 0 atom stereocenters. The number of hydrogen-bond donors (Lipinski definition) is 2. The van der Waals surface area contributed by atoms with Crippen molar-refractivity contribution in [2.24, 2.45) is 5.92 Å². The van der Waals surface area contributed by atoms with Crippen LogP contribution in [0.5, 0.6) is 5.75 Å². The van der Waals surface area contributed by atoms with Crippen LogP contribution in [0.2, 0.25) is 0 Å². The third-order valence-corrected chi connectivity index (χ3v) is 9.41. The molecule has 1 saturated heterocycles. The third kappa shape index (κ3) is 6.68. The lowest BCUT2D eigenvalue weighted by molar-refractivity contribution is -0.138. The van der Waals surface area contributed by atoms with Gasteiger partial charge in [0.1, 0.15) is 5.75 Å². The molecule has 2 aliphatic heterocycles. The molecule has 2 aliphatic rings. The van der Waals surface area contributed by atoms with E-state index in [0.29, 0.717) is 47.9 Å². The van der Waals surface area contributed by atoms with E-state index in [1.165, 1.54) is 7.11 Å². The molecule has 8 nitrogen and oxygen atoms in total. The summed E-state index contributed by atoms with van der Waals surface area (Å²) in [6.07, 6.45) is -0.0229. The number of carbonyl (C=O) groups excluding carboxylic acids is 2. The molecule has 0 bridgehead atoms. The molecular weight excluding hydrogens is 583 g/mol. The zero-order chi connectivity index (χ0) is 32.4. The fourth-order valence-electron chi connectivity index (χ4n) is 6.65. The number of halogens is 3. The van der Waals surface area contributed by atoms with E-state index in [2.05, 4.69) is 32.5 Å². The number of methoxy groups -OCH3 is 1. The number of amides is 1. The van der Waals surface area contributed by atoms with Gasteiger partial charge in [0, 0.05) is 23.9 Å². The van der Waals surface area contributed by atoms with Crippen LogP contribution in [0.1, 0.15) is 78.7 Å². The fourth-order valence-corrected chi connectivity index (χ4v) is 6.65. The zero-order valence-electron chi connectivity index (χ0n) is 26.2. The van der Waals surface area contributed by atoms with E-state index in [1.54, 1.807) is 18.2 Å². The minimum absolute atomic E-state index is 0.0122. The normalized spacial score (nSPS) is 16.7. The summed E-state index contributed by atoms with van der Waals surface area (Å²) in [5.41, 5.74) is 1.56. The first-order chi connectivity index (χ1) is 21.5. The summed E-state index contributed by atoms with van der Waals surface area (Å²) in [4.78, 5) is 36.5. The molecule has 1 amide bonds. The second-order valence-corrected chi connectivity index (χ2v) is 12.0. The summed E-state index contributed by atoms with van der Waals surface area (Å²) in [7, 11) is 3.55. The average molecular weight is 624 g/mol. The molecule has 1 fully saturated rings. The van der Waals surface area contributed by atoms with Gasteiger partial charge in [-0.2, -0.15) is 13.2 Å². The van der Waals surface area contributed by atoms with Gasteiger partial charge in [-0.1, -0.05) is 26.0 Å². The molecule has 5 rings (SSSR count). The van der Waals surface area contributed by atoms with Gasteiger partial charge in [0.05, 0.1) is 29.5 Å². The summed E-state index contributed by atoms with van der Waals surface area (Å²) in [6.45, 7) is 5.85. The van der Waals surface area contributed by atoms with Crippen molar-refractivity contribution in [3.05, 3.63) is 70.5 Å².